The molecule has 1 amide bonds. The Morgan fingerprint density at radius 3 is 2.52 bits per heavy atom. The minimum absolute atomic E-state index is 0.0966. The fraction of sp³-hybridized carbons (Fsp3) is 0.500. The molecule has 0 radical (unpaired) electrons. The van der Waals surface area contributed by atoms with Crippen molar-refractivity contribution < 1.29 is 38.1 Å². The largest absolute Gasteiger partial charge is 0.465 e. The second kappa shape index (κ2) is 9.04. The fourth-order valence-electron chi connectivity index (χ4n) is 2.77. The van der Waals surface area contributed by atoms with E-state index in [0.29, 0.717) is 5.69 Å². The summed E-state index contributed by atoms with van der Waals surface area (Å²) in [5.41, 5.74) is -0.150. The number of carbonyl (C=O) groups is 4. The van der Waals surface area contributed by atoms with E-state index in [9.17, 15) is 19.2 Å². The Bertz CT molecular complexity index is 798. The molecule has 0 aliphatic carbocycles. The predicted molar refractivity (Wildman–Crippen MR) is 101 cm³/mol. The van der Waals surface area contributed by atoms with Crippen LogP contribution >= 0.6 is 0 Å². The van der Waals surface area contributed by atoms with Crippen LogP contribution in [0.25, 0.3) is 0 Å². The van der Waals surface area contributed by atoms with E-state index in [0.717, 1.165) is 6.92 Å². The molecule has 9 nitrogen and oxygen atoms in total. The molecular formula is C20H25NO8. The molecule has 1 saturated heterocycles. The van der Waals surface area contributed by atoms with E-state index in [2.05, 4.69) is 0 Å². The molecule has 1 aromatic carbocycles. The molecule has 1 aromatic rings. The first-order valence-corrected chi connectivity index (χ1v) is 9.05. The molecule has 0 N–H and O–H groups in total. The lowest BCUT2D eigenvalue weighted by Crippen LogP contribution is -2.56. The molecule has 1 fully saturated rings. The van der Waals surface area contributed by atoms with Gasteiger partial charge in [0.1, 0.15) is 5.60 Å². The molecule has 0 saturated carbocycles. The van der Waals surface area contributed by atoms with Crippen molar-refractivity contribution in [3.8, 4) is 0 Å². The van der Waals surface area contributed by atoms with Crippen LogP contribution in [0, 0.1) is 0 Å². The van der Waals surface area contributed by atoms with Crippen LogP contribution in [-0.2, 0) is 33.3 Å². The highest BCUT2D eigenvalue weighted by Crippen LogP contribution is 2.24. The van der Waals surface area contributed by atoms with Gasteiger partial charge < -0.3 is 23.8 Å². The number of methoxy groups -OCH3 is 1. The SMILES string of the molecule is COC(=O)c1cccc(N2CCO[C@H]([C@@H](OC(C)=O)C(=O)OC(C)(C)C)C2=O)c1. The van der Waals surface area contributed by atoms with Crippen molar-refractivity contribution in [1.29, 1.82) is 0 Å². The molecule has 1 heterocycles. The quantitative estimate of drug-likeness (QED) is 0.533. The average Bonchev–Trinajstić information content (AvgIpc) is 2.64. The lowest BCUT2D eigenvalue weighted by molar-refractivity contribution is -0.188. The summed E-state index contributed by atoms with van der Waals surface area (Å²) in [5, 5.41) is 0. The third-order valence-corrected chi connectivity index (χ3v) is 3.91. The van der Waals surface area contributed by atoms with Crippen LogP contribution < -0.4 is 4.90 Å². The Kier molecular flexibility index (Phi) is 6.97. The minimum atomic E-state index is -1.55. The Morgan fingerprint density at radius 1 is 1.24 bits per heavy atom. The molecule has 1 aliphatic rings. The maximum Gasteiger partial charge on any atom is 0.351 e. The van der Waals surface area contributed by atoms with E-state index in [1.54, 1.807) is 39.0 Å². The summed E-state index contributed by atoms with van der Waals surface area (Å²) in [6.07, 6.45) is -2.92. The first-order valence-electron chi connectivity index (χ1n) is 9.05. The topological polar surface area (TPSA) is 108 Å². The smallest absolute Gasteiger partial charge is 0.351 e. The first kappa shape index (κ1) is 22.4. The van der Waals surface area contributed by atoms with Crippen molar-refractivity contribution >= 4 is 29.5 Å². The summed E-state index contributed by atoms with van der Waals surface area (Å²) in [4.78, 5) is 50.3. The van der Waals surface area contributed by atoms with E-state index < -0.39 is 41.6 Å². The Balaban J connectivity index is 2.31. The zero-order chi connectivity index (χ0) is 21.8. The highest BCUT2D eigenvalue weighted by Gasteiger charge is 2.44. The maximum absolute atomic E-state index is 13.1. The molecule has 29 heavy (non-hydrogen) atoms. The van der Waals surface area contributed by atoms with Crippen molar-refractivity contribution in [2.45, 2.75) is 45.5 Å². The van der Waals surface area contributed by atoms with Crippen molar-refractivity contribution in [2.24, 2.45) is 0 Å². The van der Waals surface area contributed by atoms with Crippen molar-refractivity contribution in [3.05, 3.63) is 29.8 Å². The van der Waals surface area contributed by atoms with Crippen LogP contribution in [0.1, 0.15) is 38.1 Å². The summed E-state index contributed by atoms with van der Waals surface area (Å²) in [7, 11) is 1.26. The van der Waals surface area contributed by atoms with Crippen molar-refractivity contribution in [3.63, 3.8) is 0 Å². The second-order valence-corrected chi connectivity index (χ2v) is 7.39. The highest BCUT2D eigenvalue weighted by atomic mass is 16.6. The third-order valence-electron chi connectivity index (χ3n) is 3.91. The number of ether oxygens (including phenoxy) is 4. The number of anilines is 1. The van der Waals surface area contributed by atoms with Gasteiger partial charge in [0.2, 0.25) is 6.10 Å². The number of nitrogens with zero attached hydrogens (tertiary/aromatic N) is 1. The van der Waals surface area contributed by atoms with Gasteiger partial charge in [0.05, 0.1) is 19.3 Å². The van der Waals surface area contributed by atoms with Gasteiger partial charge in [0.15, 0.2) is 6.10 Å². The van der Waals surface area contributed by atoms with Gasteiger partial charge in [-0.1, -0.05) is 6.07 Å². The molecule has 9 heteroatoms. The zero-order valence-corrected chi connectivity index (χ0v) is 17.1. The van der Waals surface area contributed by atoms with Gasteiger partial charge in [-0.05, 0) is 39.0 Å². The van der Waals surface area contributed by atoms with Gasteiger partial charge >= 0.3 is 17.9 Å². The van der Waals surface area contributed by atoms with Gasteiger partial charge in [0.25, 0.3) is 5.91 Å². The predicted octanol–water partition coefficient (Wildman–Crippen LogP) is 1.48. The van der Waals surface area contributed by atoms with Crippen LogP contribution in [0.15, 0.2) is 24.3 Å². The van der Waals surface area contributed by atoms with Gasteiger partial charge in [0, 0.05) is 19.2 Å². The van der Waals surface area contributed by atoms with Crippen molar-refractivity contribution in [1.82, 2.24) is 0 Å². The number of esters is 3. The second-order valence-electron chi connectivity index (χ2n) is 7.39. The van der Waals surface area contributed by atoms with Crippen molar-refractivity contribution in [2.75, 3.05) is 25.2 Å². The average molecular weight is 407 g/mol. The number of benzene rings is 1. The van der Waals surface area contributed by atoms with Gasteiger partial charge in [-0.15, -0.1) is 0 Å². The summed E-state index contributed by atoms with van der Waals surface area (Å²) < 4.78 is 20.5. The number of hydrogen-bond acceptors (Lipinski definition) is 8. The number of morpholine rings is 1. The summed E-state index contributed by atoms with van der Waals surface area (Å²) >= 11 is 0. The molecule has 2 rings (SSSR count). The molecule has 0 spiro atoms. The molecular weight excluding hydrogens is 382 g/mol. The van der Waals surface area contributed by atoms with Gasteiger partial charge in [-0.2, -0.15) is 0 Å². The zero-order valence-electron chi connectivity index (χ0n) is 17.1. The standard InChI is InChI=1S/C20H25NO8/c1-12(22)28-16(19(25)29-20(2,3)4)15-17(23)21(9-10-27-15)14-8-6-7-13(11-14)18(24)26-5/h6-8,11,15-16H,9-10H2,1-5H3/t15-,16-/m1/s1. The number of rotatable bonds is 5. The lowest BCUT2D eigenvalue weighted by atomic mass is 10.1. The van der Waals surface area contributed by atoms with Crippen LogP contribution in [0.4, 0.5) is 5.69 Å². The van der Waals surface area contributed by atoms with E-state index in [1.807, 2.05) is 0 Å². The third kappa shape index (κ3) is 5.77. The van der Waals surface area contributed by atoms with Crippen LogP contribution in [0.3, 0.4) is 0 Å². The molecule has 0 unspecified atom stereocenters. The lowest BCUT2D eigenvalue weighted by Gasteiger charge is -2.35. The van der Waals surface area contributed by atoms with E-state index in [-0.39, 0.29) is 18.7 Å². The Labute approximate surface area is 168 Å². The highest BCUT2D eigenvalue weighted by molar-refractivity contribution is 6.01. The number of hydrogen-bond donors (Lipinski definition) is 0. The first-order chi connectivity index (χ1) is 13.5. The Morgan fingerprint density at radius 2 is 1.93 bits per heavy atom. The van der Waals surface area contributed by atoms with E-state index in [1.165, 1.54) is 18.1 Å². The molecule has 1 aliphatic heterocycles. The van der Waals surface area contributed by atoms with Crippen LogP contribution in [0.2, 0.25) is 0 Å². The van der Waals surface area contributed by atoms with Crippen LogP contribution in [-0.4, -0.2) is 61.9 Å². The summed E-state index contributed by atoms with van der Waals surface area (Å²) in [6, 6.07) is 6.30. The maximum atomic E-state index is 13.1. The molecule has 158 valence electrons. The van der Waals surface area contributed by atoms with Gasteiger partial charge in [-0.25, -0.2) is 9.59 Å². The summed E-state index contributed by atoms with van der Waals surface area (Å²) in [6.45, 7) is 6.39. The number of amides is 1. The molecule has 0 aromatic heterocycles. The Hall–Kier alpha value is -2.94. The van der Waals surface area contributed by atoms with E-state index in [4.69, 9.17) is 18.9 Å². The molecule has 2 atom stereocenters. The van der Waals surface area contributed by atoms with Gasteiger partial charge in [-0.3, -0.25) is 9.59 Å². The summed E-state index contributed by atoms with van der Waals surface area (Å²) in [5.74, 6) is -2.76. The van der Waals surface area contributed by atoms with E-state index >= 15 is 0 Å². The van der Waals surface area contributed by atoms with Crippen LogP contribution in [0.5, 0.6) is 0 Å². The molecule has 0 bridgehead atoms. The monoisotopic (exact) mass is 407 g/mol. The normalized spacial score (nSPS) is 18.0. The fourth-order valence-corrected chi connectivity index (χ4v) is 2.77. The minimum Gasteiger partial charge on any atom is -0.465 e. The number of carbonyl (C=O) groups excluding carboxylic acids is 4.